The van der Waals surface area contributed by atoms with Gasteiger partial charge in [0, 0.05) is 31.4 Å². The summed E-state index contributed by atoms with van der Waals surface area (Å²) < 4.78 is 31.6. The van der Waals surface area contributed by atoms with Gasteiger partial charge in [0.05, 0.1) is 5.75 Å². The van der Waals surface area contributed by atoms with Crippen molar-refractivity contribution in [3.8, 4) is 11.6 Å². The number of imidazole rings is 1. The number of sulfone groups is 1. The summed E-state index contributed by atoms with van der Waals surface area (Å²) in [6, 6.07) is 0.0599. The zero-order chi connectivity index (χ0) is 28.0. The number of nitrogens with zero attached hydrogens (tertiary/aromatic N) is 6. The van der Waals surface area contributed by atoms with Gasteiger partial charge in [0.2, 0.25) is 17.6 Å². The van der Waals surface area contributed by atoms with E-state index in [1.807, 2.05) is 0 Å². The molecule has 2 unspecified atom stereocenters. The largest absolute Gasteiger partial charge is 0.439 e. The second-order valence-electron chi connectivity index (χ2n) is 12.4. The van der Waals surface area contributed by atoms with Crippen molar-refractivity contribution in [2.24, 2.45) is 17.8 Å². The van der Waals surface area contributed by atoms with Crippen LogP contribution in [0.1, 0.15) is 71.6 Å². The van der Waals surface area contributed by atoms with Gasteiger partial charge in [-0.25, -0.2) is 23.2 Å². The zero-order valence-electron chi connectivity index (χ0n) is 23.6. The number of hydrogen-bond donors (Lipinski definition) is 2. The molecule has 12 nitrogen and oxygen atoms in total. The number of aromatic amines is 1. The van der Waals surface area contributed by atoms with Crippen LogP contribution in [0.3, 0.4) is 0 Å². The summed E-state index contributed by atoms with van der Waals surface area (Å²) in [6.45, 7) is 6.02. The summed E-state index contributed by atoms with van der Waals surface area (Å²) in [5.41, 5.74) is 1.32. The molecule has 3 aromatic heterocycles. The fourth-order valence-electron chi connectivity index (χ4n) is 6.61. The Kier molecular flexibility index (Phi) is 7.34. The number of H-pyrrole nitrogens is 1. The van der Waals surface area contributed by atoms with Gasteiger partial charge in [0.25, 0.3) is 0 Å². The van der Waals surface area contributed by atoms with Gasteiger partial charge in [0.15, 0.2) is 11.5 Å². The van der Waals surface area contributed by atoms with Gasteiger partial charge < -0.3 is 14.8 Å². The van der Waals surface area contributed by atoms with Crippen LogP contribution in [-0.4, -0.2) is 68.7 Å². The molecule has 1 saturated heterocycles. The first kappa shape index (κ1) is 27.2. The molecule has 40 heavy (non-hydrogen) atoms. The van der Waals surface area contributed by atoms with Crippen molar-refractivity contribution in [1.82, 2.24) is 29.7 Å². The molecule has 6 rings (SSSR count). The van der Waals surface area contributed by atoms with Crippen LogP contribution in [0.4, 0.5) is 11.8 Å². The van der Waals surface area contributed by atoms with Crippen molar-refractivity contribution in [2.75, 3.05) is 28.8 Å². The molecular weight excluding hydrogens is 532 g/mol. The first-order valence-electron chi connectivity index (χ1n) is 14.7. The maximum absolute atomic E-state index is 12.3. The molecule has 3 aromatic rings. The maximum atomic E-state index is 12.3. The standard InChI is InChI=1S/C27H40N8O4S/c1-16-9-11-18(12-10-16)14-35-21-22(28-17(2)19-6-4-7-19)29-24(25-32-27(36)39-33-25)30-23(21)31-26(35)34-13-5-8-20(34)15-40(3,37)38/h16-20H,4-15H2,1-3H3,(H,28,29,30)(H,32,33,36). The molecule has 2 aliphatic carbocycles. The fourth-order valence-corrected chi connectivity index (χ4v) is 7.66. The number of aromatic nitrogens is 6. The Morgan fingerprint density at radius 2 is 1.85 bits per heavy atom. The van der Waals surface area contributed by atoms with Gasteiger partial charge >= 0.3 is 5.76 Å². The molecule has 0 bridgehead atoms. The minimum absolute atomic E-state index is 0.0953. The Labute approximate surface area is 234 Å². The Hall–Kier alpha value is -2.96. The number of anilines is 2. The number of nitrogens with one attached hydrogen (secondary N) is 2. The van der Waals surface area contributed by atoms with Crippen molar-refractivity contribution in [3.63, 3.8) is 0 Å². The zero-order valence-corrected chi connectivity index (χ0v) is 24.4. The molecule has 2 N–H and O–H groups in total. The lowest BCUT2D eigenvalue weighted by atomic mass is 9.80. The molecule has 0 radical (unpaired) electrons. The third-order valence-corrected chi connectivity index (χ3v) is 10.2. The van der Waals surface area contributed by atoms with Gasteiger partial charge in [-0.1, -0.05) is 31.3 Å². The molecule has 3 aliphatic rings. The second-order valence-corrected chi connectivity index (χ2v) is 14.6. The Balaban J connectivity index is 1.48. The molecular formula is C27H40N8O4S. The van der Waals surface area contributed by atoms with E-state index in [1.165, 1.54) is 38.4 Å². The topological polar surface area (TPSA) is 152 Å². The minimum Gasteiger partial charge on any atom is -0.365 e. The number of hydrogen-bond acceptors (Lipinski definition) is 10. The van der Waals surface area contributed by atoms with Crippen LogP contribution >= 0.6 is 0 Å². The maximum Gasteiger partial charge on any atom is 0.439 e. The molecule has 0 aromatic carbocycles. The van der Waals surface area contributed by atoms with E-state index in [2.05, 4.69) is 38.8 Å². The summed E-state index contributed by atoms with van der Waals surface area (Å²) in [7, 11) is -3.17. The van der Waals surface area contributed by atoms with Gasteiger partial charge in [-0.3, -0.25) is 9.51 Å². The lowest BCUT2D eigenvalue weighted by molar-refractivity contribution is 0.266. The van der Waals surface area contributed by atoms with Crippen LogP contribution in [-0.2, 0) is 16.4 Å². The van der Waals surface area contributed by atoms with E-state index in [1.54, 1.807) is 0 Å². The van der Waals surface area contributed by atoms with Crippen molar-refractivity contribution in [2.45, 2.75) is 90.3 Å². The van der Waals surface area contributed by atoms with Crippen molar-refractivity contribution >= 4 is 32.8 Å². The van der Waals surface area contributed by atoms with Crippen LogP contribution in [0.2, 0.25) is 0 Å². The monoisotopic (exact) mass is 572 g/mol. The molecule has 218 valence electrons. The van der Waals surface area contributed by atoms with Crippen molar-refractivity contribution < 1.29 is 12.9 Å². The highest BCUT2D eigenvalue weighted by molar-refractivity contribution is 7.90. The van der Waals surface area contributed by atoms with Crippen molar-refractivity contribution in [1.29, 1.82) is 0 Å². The third-order valence-electron chi connectivity index (χ3n) is 9.16. The molecule has 2 atom stereocenters. The predicted molar refractivity (Wildman–Crippen MR) is 153 cm³/mol. The van der Waals surface area contributed by atoms with Gasteiger partial charge in [-0.15, -0.1) is 0 Å². The molecule has 1 aliphatic heterocycles. The normalized spacial score (nSPS) is 24.9. The molecule has 4 heterocycles. The summed E-state index contributed by atoms with van der Waals surface area (Å²) in [5, 5.41) is 7.49. The predicted octanol–water partition coefficient (Wildman–Crippen LogP) is 3.61. The summed E-state index contributed by atoms with van der Waals surface area (Å²) in [4.78, 5) is 31.1. The highest BCUT2D eigenvalue weighted by atomic mass is 32.2. The van der Waals surface area contributed by atoms with Crippen LogP contribution in [0.5, 0.6) is 0 Å². The summed E-state index contributed by atoms with van der Waals surface area (Å²) >= 11 is 0. The Morgan fingerprint density at radius 3 is 2.50 bits per heavy atom. The lowest BCUT2D eigenvalue weighted by Gasteiger charge is -2.33. The number of rotatable bonds is 9. The average Bonchev–Trinajstić information content (AvgIpc) is 3.57. The third kappa shape index (κ3) is 5.61. The quantitative estimate of drug-likeness (QED) is 0.389. The summed E-state index contributed by atoms with van der Waals surface area (Å²) in [6.07, 6.45) is 11.3. The van der Waals surface area contributed by atoms with Crippen molar-refractivity contribution in [3.05, 3.63) is 10.6 Å². The molecule has 0 spiro atoms. The van der Waals surface area contributed by atoms with E-state index in [0.717, 1.165) is 56.2 Å². The smallest absolute Gasteiger partial charge is 0.365 e. The van der Waals surface area contributed by atoms with Gasteiger partial charge in [-0.05, 0) is 63.2 Å². The van der Waals surface area contributed by atoms with Crippen LogP contribution in [0.25, 0.3) is 22.8 Å². The van der Waals surface area contributed by atoms with E-state index in [9.17, 15) is 13.2 Å². The van der Waals surface area contributed by atoms with E-state index in [0.29, 0.717) is 23.3 Å². The SMILES string of the molecule is CC1CCC(Cn2c(N3CCCC3CS(C)(=O)=O)nc3nc(-c4noc(=O)[nH]4)nc(NC(C)C4CCC4)c32)CC1. The van der Waals surface area contributed by atoms with E-state index in [-0.39, 0.29) is 29.5 Å². The first-order chi connectivity index (χ1) is 19.1. The van der Waals surface area contributed by atoms with E-state index < -0.39 is 15.6 Å². The fraction of sp³-hybridized carbons (Fsp3) is 0.741. The minimum atomic E-state index is -3.17. The summed E-state index contributed by atoms with van der Waals surface area (Å²) in [5.74, 6) is 3.01. The van der Waals surface area contributed by atoms with Gasteiger partial charge in [-0.2, -0.15) is 4.98 Å². The Bertz CT molecular complexity index is 1520. The molecule has 3 fully saturated rings. The molecule has 0 amide bonds. The van der Waals surface area contributed by atoms with Gasteiger partial charge in [0.1, 0.15) is 15.4 Å². The van der Waals surface area contributed by atoms with E-state index in [4.69, 9.17) is 19.5 Å². The Morgan fingerprint density at radius 1 is 1.07 bits per heavy atom. The molecule has 13 heteroatoms. The highest BCUT2D eigenvalue weighted by Gasteiger charge is 2.34. The highest BCUT2D eigenvalue weighted by Crippen LogP contribution is 2.37. The lowest BCUT2D eigenvalue weighted by Crippen LogP contribution is -2.37. The number of fused-ring (bicyclic) bond motifs is 1. The second kappa shape index (κ2) is 10.8. The van der Waals surface area contributed by atoms with Crippen LogP contribution in [0, 0.1) is 17.8 Å². The molecule has 2 saturated carbocycles. The van der Waals surface area contributed by atoms with Crippen LogP contribution < -0.4 is 16.0 Å². The first-order valence-corrected chi connectivity index (χ1v) is 16.8. The van der Waals surface area contributed by atoms with E-state index >= 15 is 0 Å². The van der Waals surface area contributed by atoms with Crippen LogP contribution in [0.15, 0.2) is 9.32 Å². The average molecular weight is 573 g/mol.